The van der Waals surface area contributed by atoms with Crippen molar-refractivity contribution in [3.8, 4) is 0 Å². The van der Waals surface area contributed by atoms with Gasteiger partial charge in [0.15, 0.2) is 17.0 Å². The second kappa shape index (κ2) is 12.4. The fourth-order valence-corrected chi connectivity index (χ4v) is 5.26. The highest BCUT2D eigenvalue weighted by Crippen LogP contribution is 2.25. The molecule has 2 saturated heterocycles. The number of nitrogens with one attached hydrogen (secondary N) is 1. The molecule has 0 atom stereocenters. The number of nitrogens with zero attached hydrogens (tertiary/aromatic N) is 8. The first-order chi connectivity index (χ1) is 20.5. The van der Waals surface area contributed by atoms with Gasteiger partial charge in [0.2, 0.25) is 5.95 Å². The van der Waals surface area contributed by atoms with Gasteiger partial charge in [-0.05, 0) is 17.5 Å². The van der Waals surface area contributed by atoms with Crippen LogP contribution in [-0.4, -0.2) is 99.3 Å². The molecule has 13 nitrogen and oxygen atoms in total. The number of benzene rings is 2. The van der Waals surface area contributed by atoms with E-state index in [9.17, 15) is 14.9 Å². The van der Waals surface area contributed by atoms with E-state index in [2.05, 4.69) is 27.3 Å². The second-order valence-electron chi connectivity index (χ2n) is 10.4. The third-order valence-corrected chi connectivity index (χ3v) is 7.62. The Bertz CT molecular complexity index is 1530. The second-order valence-corrected chi connectivity index (χ2v) is 10.4. The van der Waals surface area contributed by atoms with Crippen LogP contribution in [0.5, 0.6) is 0 Å². The molecule has 2 aromatic carbocycles. The zero-order chi connectivity index (χ0) is 28.9. The Hall–Kier alpha value is -4.78. The van der Waals surface area contributed by atoms with E-state index in [1.165, 1.54) is 17.7 Å². The molecule has 2 aliphatic heterocycles. The quantitative estimate of drug-likeness (QED) is 0.250. The number of rotatable bonds is 8. The number of anilines is 2. The summed E-state index contributed by atoms with van der Waals surface area (Å²) >= 11 is 0. The monoisotopic (exact) mass is 571 g/mol. The molecule has 1 N–H and O–H groups in total. The number of non-ortho nitro benzene ring substituents is 1. The molecule has 42 heavy (non-hydrogen) atoms. The summed E-state index contributed by atoms with van der Waals surface area (Å²) in [7, 11) is 0. The van der Waals surface area contributed by atoms with Crippen molar-refractivity contribution in [2.45, 2.75) is 13.0 Å². The molecule has 4 heterocycles. The molecule has 0 unspecified atom stereocenters. The average molecular weight is 572 g/mol. The molecule has 4 aromatic rings. The van der Waals surface area contributed by atoms with Crippen molar-refractivity contribution in [1.82, 2.24) is 29.3 Å². The highest BCUT2D eigenvalue weighted by atomic mass is 16.6. The molecule has 0 radical (unpaired) electrons. The first kappa shape index (κ1) is 27.4. The third-order valence-electron chi connectivity index (χ3n) is 7.62. The van der Waals surface area contributed by atoms with Crippen LogP contribution in [-0.2, 0) is 17.7 Å². The molecule has 13 heteroatoms. The van der Waals surface area contributed by atoms with E-state index in [4.69, 9.17) is 14.7 Å². The average Bonchev–Trinajstić information content (AvgIpc) is 3.44. The zero-order valence-electron chi connectivity index (χ0n) is 23.3. The lowest BCUT2D eigenvalue weighted by molar-refractivity contribution is -0.384. The van der Waals surface area contributed by atoms with E-state index in [-0.39, 0.29) is 11.7 Å². The highest BCUT2D eigenvalue weighted by molar-refractivity contribution is 5.84. The summed E-state index contributed by atoms with van der Waals surface area (Å²) in [5.41, 5.74) is 3.51. The number of imidazole rings is 1. The number of urea groups is 1. The molecular weight excluding hydrogens is 538 g/mol. The summed E-state index contributed by atoms with van der Waals surface area (Å²) < 4.78 is 7.32. The molecule has 218 valence electrons. The smallest absolute Gasteiger partial charge is 0.320 e. The third kappa shape index (κ3) is 6.10. The number of nitro groups is 1. The molecule has 6 rings (SSSR count). The largest absolute Gasteiger partial charge is 0.378 e. The Morgan fingerprint density at radius 1 is 0.905 bits per heavy atom. The Morgan fingerprint density at radius 2 is 1.62 bits per heavy atom. The van der Waals surface area contributed by atoms with Gasteiger partial charge in [-0.2, -0.15) is 9.97 Å². The maximum atomic E-state index is 13.0. The number of carbonyl (C=O) groups is 1. The van der Waals surface area contributed by atoms with Gasteiger partial charge in [0, 0.05) is 57.9 Å². The van der Waals surface area contributed by atoms with Gasteiger partial charge in [0.25, 0.3) is 5.69 Å². The Morgan fingerprint density at radius 3 is 2.33 bits per heavy atom. The van der Waals surface area contributed by atoms with Crippen LogP contribution in [0, 0.1) is 10.1 Å². The maximum Gasteiger partial charge on any atom is 0.320 e. The molecule has 2 aromatic heterocycles. The van der Waals surface area contributed by atoms with Crippen LogP contribution in [0.2, 0.25) is 0 Å². The predicted octanol–water partition coefficient (Wildman–Crippen LogP) is 3.01. The van der Waals surface area contributed by atoms with Crippen molar-refractivity contribution in [3.63, 3.8) is 0 Å². The topological polar surface area (TPSA) is 135 Å². The number of aromatic nitrogens is 4. The summed E-state index contributed by atoms with van der Waals surface area (Å²) in [5, 5.41) is 14.5. The van der Waals surface area contributed by atoms with Gasteiger partial charge in [-0.3, -0.25) is 10.1 Å². The fraction of sp³-hybridized carbons (Fsp3) is 0.379. The minimum Gasteiger partial charge on any atom is -0.378 e. The van der Waals surface area contributed by atoms with Gasteiger partial charge < -0.3 is 29.3 Å². The number of hydrogen-bond acceptors (Lipinski definition) is 9. The van der Waals surface area contributed by atoms with Gasteiger partial charge in [-0.1, -0.05) is 42.5 Å². The molecule has 2 amide bonds. The van der Waals surface area contributed by atoms with E-state index in [1.54, 1.807) is 18.5 Å². The van der Waals surface area contributed by atoms with Crippen LogP contribution in [0.25, 0.3) is 11.2 Å². The fourth-order valence-electron chi connectivity index (χ4n) is 5.26. The Balaban J connectivity index is 1.23. The molecule has 0 spiro atoms. The van der Waals surface area contributed by atoms with Gasteiger partial charge in [0.1, 0.15) is 0 Å². The molecule has 2 aliphatic rings. The first-order valence-corrected chi connectivity index (χ1v) is 14.2. The SMILES string of the molecule is O=C(N1CCOCC1)N1CCN(c2nc(NCCc3ccccc3)c3ncn(Cc4ccc([N+](=O)[O-])cc4)c3n2)CC1. The molecule has 2 fully saturated rings. The number of piperazine rings is 1. The number of amides is 2. The van der Waals surface area contributed by atoms with E-state index < -0.39 is 4.92 Å². The first-order valence-electron chi connectivity index (χ1n) is 14.2. The van der Waals surface area contributed by atoms with Gasteiger partial charge in [-0.25, -0.2) is 9.78 Å². The molecule has 0 bridgehead atoms. The lowest BCUT2D eigenvalue weighted by Crippen LogP contribution is -2.55. The number of carbonyl (C=O) groups excluding carboxylic acids is 1. The summed E-state index contributed by atoms with van der Waals surface area (Å²) in [6.45, 7) is 5.91. The molecule has 0 saturated carbocycles. The van der Waals surface area contributed by atoms with Gasteiger partial charge >= 0.3 is 6.03 Å². The van der Waals surface area contributed by atoms with Crippen LogP contribution in [0.1, 0.15) is 11.1 Å². The minimum atomic E-state index is -0.405. The Kier molecular flexibility index (Phi) is 8.08. The van der Waals surface area contributed by atoms with E-state index >= 15 is 0 Å². The van der Waals surface area contributed by atoms with Crippen molar-refractivity contribution < 1.29 is 14.5 Å². The highest BCUT2D eigenvalue weighted by Gasteiger charge is 2.28. The van der Waals surface area contributed by atoms with Crippen LogP contribution in [0.3, 0.4) is 0 Å². The summed E-state index contributed by atoms with van der Waals surface area (Å²) in [5.74, 6) is 1.23. The summed E-state index contributed by atoms with van der Waals surface area (Å²) in [6.07, 6.45) is 2.55. The van der Waals surface area contributed by atoms with E-state index in [0.717, 1.165) is 12.0 Å². The number of hydrogen-bond donors (Lipinski definition) is 1. The van der Waals surface area contributed by atoms with Gasteiger partial charge in [0.05, 0.1) is 31.0 Å². The summed E-state index contributed by atoms with van der Waals surface area (Å²) in [6, 6.07) is 16.8. The zero-order valence-corrected chi connectivity index (χ0v) is 23.3. The molecule has 0 aliphatic carbocycles. The van der Waals surface area contributed by atoms with Gasteiger partial charge in [-0.15, -0.1) is 0 Å². The van der Waals surface area contributed by atoms with Crippen molar-refractivity contribution in [3.05, 3.63) is 82.2 Å². The van der Waals surface area contributed by atoms with Crippen molar-refractivity contribution in [1.29, 1.82) is 0 Å². The normalized spacial score (nSPS) is 15.7. The number of fused-ring (bicyclic) bond motifs is 1. The minimum absolute atomic E-state index is 0.0509. The van der Waals surface area contributed by atoms with E-state index in [1.807, 2.05) is 32.6 Å². The summed E-state index contributed by atoms with van der Waals surface area (Å²) in [4.78, 5) is 44.0. The van der Waals surface area contributed by atoms with Crippen LogP contribution in [0.15, 0.2) is 60.9 Å². The lowest BCUT2D eigenvalue weighted by Gasteiger charge is -2.38. The number of nitro benzene ring substituents is 1. The standard InChI is InChI=1S/C29H33N9O4/c39-29(36-16-18-42-19-17-36)35-14-12-34(13-15-35)28-32-26(30-11-10-22-4-2-1-3-5-22)25-27(33-28)37(21-31-25)20-23-6-8-24(9-7-23)38(40)41/h1-9,21H,10-20H2,(H,30,32,33). The number of morpholine rings is 1. The molecular formula is C29H33N9O4. The lowest BCUT2D eigenvalue weighted by atomic mass is 10.1. The maximum absolute atomic E-state index is 13.0. The van der Waals surface area contributed by atoms with Crippen LogP contribution >= 0.6 is 0 Å². The van der Waals surface area contributed by atoms with E-state index in [0.29, 0.717) is 88.5 Å². The van der Waals surface area contributed by atoms with Crippen LogP contribution < -0.4 is 10.2 Å². The van der Waals surface area contributed by atoms with Crippen molar-refractivity contribution in [2.75, 3.05) is 69.2 Å². The predicted molar refractivity (Wildman–Crippen MR) is 158 cm³/mol. The van der Waals surface area contributed by atoms with Crippen molar-refractivity contribution in [2.24, 2.45) is 0 Å². The number of ether oxygens (including phenoxy) is 1. The Labute approximate surface area is 242 Å². The van der Waals surface area contributed by atoms with Crippen molar-refractivity contribution >= 4 is 34.6 Å². The van der Waals surface area contributed by atoms with Crippen LogP contribution in [0.4, 0.5) is 22.2 Å².